The fourth-order valence-corrected chi connectivity index (χ4v) is 2.50. The molecule has 0 spiro atoms. The predicted molar refractivity (Wildman–Crippen MR) is 91.9 cm³/mol. The molecule has 2 aromatic carbocycles. The Hall–Kier alpha value is -2.82. The molecule has 24 heavy (non-hydrogen) atoms. The summed E-state index contributed by atoms with van der Waals surface area (Å²) in [4.78, 5) is 16.5. The average molecular weight is 324 g/mol. The summed E-state index contributed by atoms with van der Waals surface area (Å²) in [5, 5.41) is 2.93. The van der Waals surface area contributed by atoms with Gasteiger partial charge in [0.15, 0.2) is 5.58 Å². The van der Waals surface area contributed by atoms with Gasteiger partial charge in [0.25, 0.3) is 0 Å². The van der Waals surface area contributed by atoms with Crippen LogP contribution < -0.4 is 10.1 Å². The van der Waals surface area contributed by atoms with Crippen LogP contribution in [-0.4, -0.2) is 18.0 Å². The van der Waals surface area contributed by atoms with Crippen LogP contribution in [0.2, 0.25) is 0 Å². The molecule has 1 atom stereocenters. The van der Waals surface area contributed by atoms with E-state index in [0.29, 0.717) is 18.7 Å². The number of aromatic nitrogens is 1. The fourth-order valence-electron chi connectivity index (χ4n) is 2.50. The average Bonchev–Trinajstić information content (AvgIpc) is 3.05. The molecule has 1 amide bonds. The summed E-state index contributed by atoms with van der Waals surface area (Å²) >= 11 is 0. The number of carbonyl (C=O) groups is 1. The van der Waals surface area contributed by atoms with Gasteiger partial charge in [-0.1, -0.05) is 24.3 Å². The summed E-state index contributed by atoms with van der Waals surface area (Å²) in [6.07, 6.45) is 1.09. The van der Waals surface area contributed by atoms with E-state index >= 15 is 0 Å². The molecule has 0 fully saturated rings. The van der Waals surface area contributed by atoms with Crippen molar-refractivity contribution in [1.29, 1.82) is 0 Å². The van der Waals surface area contributed by atoms with Crippen LogP contribution in [0.15, 0.2) is 52.9 Å². The smallest absolute Gasteiger partial charge is 0.220 e. The van der Waals surface area contributed by atoms with E-state index in [-0.39, 0.29) is 11.9 Å². The van der Waals surface area contributed by atoms with Crippen molar-refractivity contribution in [2.45, 2.75) is 25.8 Å². The number of hydrogen-bond donors (Lipinski definition) is 1. The summed E-state index contributed by atoms with van der Waals surface area (Å²) in [5.74, 6) is 1.31. The van der Waals surface area contributed by atoms with Crippen molar-refractivity contribution < 1.29 is 13.9 Å². The molecule has 0 aliphatic carbocycles. The Morgan fingerprint density at radius 2 is 1.96 bits per heavy atom. The van der Waals surface area contributed by atoms with Gasteiger partial charge < -0.3 is 14.5 Å². The molecule has 0 aliphatic rings. The number of fused-ring (bicyclic) bond motifs is 1. The molecule has 0 radical (unpaired) electrons. The summed E-state index contributed by atoms with van der Waals surface area (Å²) in [7, 11) is 1.63. The van der Waals surface area contributed by atoms with Crippen LogP contribution in [0, 0.1) is 0 Å². The molecule has 0 saturated carbocycles. The van der Waals surface area contributed by atoms with Crippen LogP contribution in [-0.2, 0) is 11.2 Å². The van der Waals surface area contributed by atoms with E-state index in [1.165, 1.54) is 0 Å². The second-order valence-corrected chi connectivity index (χ2v) is 5.66. The van der Waals surface area contributed by atoms with E-state index in [4.69, 9.17) is 9.15 Å². The molecule has 3 rings (SSSR count). The SMILES string of the molecule is COc1ccc(CCC(=O)NC(C)c2nc3ccccc3o2)cc1. The molecular formula is C19H20N2O3. The molecule has 1 aromatic heterocycles. The largest absolute Gasteiger partial charge is 0.497 e. The fraction of sp³-hybridized carbons (Fsp3) is 0.263. The number of aryl methyl sites for hydroxylation is 1. The zero-order chi connectivity index (χ0) is 16.9. The number of methoxy groups -OCH3 is 1. The highest BCUT2D eigenvalue weighted by atomic mass is 16.5. The van der Waals surface area contributed by atoms with E-state index in [1.54, 1.807) is 7.11 Å². The number of para-hydroxylation sites is 2. The number of oxazole rings is 1. The Morgan fingerprint density at radius 3 is 2.67 bits per heavy atom. The third-order valence-corrected chi connectivity index (χ3v) is 3.86. The number of rotatable bonds is 6. The van der Waals surface area contributed by atoms with Gasteiger partial charge in [0.1, 0.15) is 17.3 Å². The number of ether oxygens (including phenoxy) is 1. The first-order valence-corrected chi connectivity index (χ1v) is 7.93. The second kappa shape index (κ2) is 7.17. The van der Waals surface area contributed by atoms with Crippen molar-refractivity contribution >= 4 is 17.0 Å². The maximum Gasteiger partial charge on any atom is 0.220 e. The van der Waals surface area contributed by atoms with Crippen LogP contribution in [0.25, 0.3) is 11.1 Å². The Labute approximate surface area is 140 Å². The van der Waals surface area contributed by atoms with Crippen molar-refractivity contribution in [1.82, 2.24) is 10.3 Å². The molecule has 0 bridgehead atoms. The molecule has 3 aromatic rings. The van der Waals surface area contributed by atoms with Crippen molar-refractivity contribution in [2.75, 3.05) is 7.11 Å². The van der Waals surface area contributed by atoms with E-state index in [2.05, 4.69) is 10.3 Å². The minimum atomic E-state index is -0.263. The van der Waals surface area contributed by atoms with E-state index < -0.39 is 0 Å². The molecular weight excluding hydrogens is 304 g/mol. The van der Waals surface area contributed by atoms with Crippen molar-refractivity contribution in [3.8, 4) is 5.75 Å². The van der Waals surface area contributed by atoms with Crippen LogP contribution in [0.4, 0.5) is 0 Å². The lowest BCUT2D eigenvalue weighted by molar-refractivity contribution is -0.121. The standard InChI is InChI=1S/C19H20N2O3/c1-13(19-21-16-5-3-4-6-17(16)24-19)20-18(22)12-9-14-7-10-15(23-2)11-8-14/h3-8,10-11,13H,9,12H2,1-2H3,(H,20,22). The molecule has 124 valence electrons. The minimum absolute atomic E-state index is 0.0272. The maximum absolute atomic E-state index is 12.1. The van der Waals surface area contributed by atoms with Gasteiger partial charge in [-0.05, 0) is 43.2 Å². The third-order valence-electron chi connectivity index (χ3n) is 3.86. The van der Waals surface area contributed by atoms with Gasteiger partial charge >= 0.3 is 0 Å². The van der Waals surface area contributed by atoms with Crippen molar-refractivity contribution in [3.05, 3.63) is 60.0 Å². The lowest BCUT2D eigenvalue weighted by Gasteiger charge is -2.10. The van der Waals surface area contributed by atoms with Crippen molar-refractivity contribution in [3.63, 3.8) is 0 Å². The van der Waals surface area contributed by atoms with Gasteiger partial charge in [0.05, 0.1) is 7.11 Å². The van der Waals surface area contributed by atoms with Crippen LogP contribution >= 0.6 is 0 Å². The monoisotopic (exact) mass is 324 g/mol. The van der Waals surface area contributed by atoms with Crippen molar-refractivity contribution in [2.24, 2.45) is 0 Å². The van der Waals surface area contributed by atoms with Crippen LogP contribution in [0.3, 0.4) is 0 Å². The normalized spacial score (nSPS) is 12.1. The lowest BCUT2D eigenvalue weighted by atomic mass is 10.1. The van der Waals surface area contributed by atoms with Crippen LogP contribution in [0.1, 0.15) is 30.8 Å². The highest BCUT2D eigenvalue weighted by Crippen LogP contribution is 2.20. The summed E-state index contributed by atoms with van der Waals surface area (Å²) in [6, 6.07) is 15.0. The topological polar surface area (TPSA) is 64.4 Å². The molecule has 1 N–H and O–H groups in total. The molecule has 1 heterocycles. The molecule has 0 saturated heterocycles. The molecule has 5 heteroatoms. The Balaban J connectivity index is 1.55. The summed E-state index contributed by atoms with van der Waals surface area (Å²) in [5.41, 5.74) is 2.62. The maximum atomic E-state index is 12.1. The zero-order valence-electron chi connectivity index (χ0n) is 13.8. The van der Waals surface area contributed by atoms with Gasteiger partial charge in [-0.25, -0.2) is 4.98 Å². The van der Waals surface area contributed by atoms with Gasteiger partial charge in [-0.3, -0.25) is 4.79 Å². The Bertz CT molecular complexity index is 791. The number of hydrogen-bond acceptors (Lipinski definition) is 4. The van der Waals surface area contributed by atoms with E-state index in [0.717, 1.165) is 22.4 Å². The summed E-state index contributed by atoms with van der Waals surface area (Å²) in [6.45, 7) is 1.87. The highest BCUT2D eigenvalue weighted by Gasteiger charge is 2.15. The van der Waals surface area contributed by atoms with E-state index in [9.17, 15) is 4.79 Å². The highest BCUT2D eigenvalue weighted by molar-refractivity contribution is 5.77. The number of nitrogens with one attached hydrogen (secondary N) is 1. The van der Waals surface area contributed by atoms with Crippen LogP contribution in [0.5, 0.6) is 5.75 Å². The zero-order valence-corrected chi connectivity index (χ0v) is 13.8. The predicted octanol–water partition coefficient (Wildman–Crippen LogP) is 3.65. The minimum Gasteiger partial charge on any atom is -0.497 e. The first-order valence-electron chi connectivity index (χ1n) is 7.93. The first kappa shape index (κ1) is 16.1. The van der Waals surface area contributed by atoms with Gasteiger partial charge in [-0.2, -0.15) is 0 Å². The van der Waals surface area contributed by atoms with E-state index in [1.807, 2.05) is 55.5 Å². The number of benzene rings is 2. The second-order valence-electron chi connectivity index (χ2n) is 5.66. The quantitative estimate of drug-likeness (QED) is 0.752. The summed E-state index contributed by atoms with van der Waals surface area (Å²) < 4.78 is 10.8. The first-order chi connectivity index (χ1) is 11.7. The number of nitrogens with zero attached hydrogens (tertiary/aromatic N) is 1. The number of amides is 1. The Morgan fingerprint density at radius 1 is 1.21 bits per heavy atom. The van der Waals surface area contributed by atoms with Gasteiger partial charge in [-0.15, -0.1) is 0 Å². The Kier molecular flexibility index (Phi) is 4.79. The van der Waals surface area contributed by atoms with Gasteiger partial charge in [0, 0.05) is 6.42 Å². The third kappa shape index (κ3) is 3.74. The lowest BCUT2D eigenvalue weighted by Crippen LogP contribution is -2.27. The number of carbonyl (C=O) groups excluding carboxylic acids is 1. The molecule has 1 unspecified atom stereocenters. The molecule has 0 aliphatic heterocycles. The van der Waals surface area contributed by atoms with Gasteiger partial charge in [0.2, 0.25) is 11.8 Å². The molecule has 5 nitrogen and oxygen atoms in total.